The molecule has 2 aliphatic rings. The van der Waals surface area contributed by atoms with Crippen LogP contribution >= 0.6 is 0 Å². The summed E-state index contributed by atoms with van der Waals surface area (Å²) in [5.41, 5.74) is 1.30. The summed E-state index contributed by atoms with van der Waals surface area (Å²) in [7, 11) is 0. The molecule has 1 aromatic rings. The van der Waals surface area contributed by atoms with Crippen molar-refractivity contribution in [3.8, 4) is 0 Å². The third-order valence-electron chi connectivity index (χ3n) is 4.50. The van der Waals surface area contributed by atoms with Crippen LogP contribution in [0.3, 0.4) is 0 Å². The summed E-state index contributed by atoms with van der Waals surface area (Å²) >= 11 is 0. The zero-order valence-electron chi connectivity index (χ0n) is 11.2. The molecule has 2 fully saturated rings. The second-order valence-electron chi connectivity index (χ2n) is 5.67. The first-order valence-electron chi connectivity index (χ1n) is 7.24. The fourth-order valence-electron chi connectivity index (χ4n) is 3.49. The number of nitrogens with zero attached hydrogens (tertiary/aromatic N) is 2. The third-order valence-corrected chi connectivity index (χ3v) is 4.50. The minimum atomic E-state index is 0.408. The van der Waals surface area contributed by atoms with E-state index in [1.165, 1.54) is 44.3 Å². The SMILES string of the molecule is C[C@@H](NC1CCN2CCCCC12)c1cccnc1. The Morgan fingerprint density at radius 1 is 1.33 bits per heavy atom. The quantitative estimate of drug-likeness (QED) is 0.886. The van der Waals surface area contributed by atoms with E-state index in [4.69, 9.17) is 0 Å². The van der Waals surface area contributed by atoms with Crippen molar-refractivity contribution in [2.45, 2.75) is 50.7 Å². The highest BCUT2D eigenvalue weighted by atomic mass is 15.2. The normalized spacial score (nSPS) is 30.1. The Bertz CT molecular complexity index is 379. The van der Waals surface area contributed by atoms with Crippen LogP contribution in [0.4, 0.5) is 0 Å². The van der Waals surface area contributed by atoms with Crippen LogP contribution < -0.4 is 5.32 Å². The predicted octanol–water partition coefficient (Wildman–Crippen LogP) is 2.36. The lowest BCUT2D eigenvalue weighted by Crippen LogP contribution is -2.45. The fraction of sp³-hybridized carbons (Fsp3) is 0.667. The number of rotatable bonds is 3. The highest BCUT2D eigenvalue weighted by Gasteiger charge is 2.35. The Morgan fingerprint density at radius 2 is 2.28 bits per heavy atom. The van der Waals surface area contributed by atoms with Gasteiger partial charge in [0, 0.05) is 37.1 Å². The molecule has 0 aromatic carbocycles. The molecule has 98 valence electrons. The molecule has 3 rings (SSSR count). The lowest BCUT2D eigenvalue weighted by molar-refractivity contribution is 0.177. The van der Waals surface area contributed by atoms with Crippen molar-refractivity contribution in [1.29, 1.82) is 0 Å². The van der Waals surface area contributed by atoms with E-state index < -0.39 is 0 Å². The van der Waals surface area contributed by atoms with Gasteiger partial charge in [-0.3, -0.25) is 9.88 Å². The van der Waals surface area contributed by atoms with Crippen LogP contribution in [0.5, 0.6) is 0 Å². The summed E-state index contributed by atoms with van der Waals surface area (Å²) in [4.78, 5) is 6.89. The molecule has 0 saturated carbocycles. The second kappa shape index (κ2) is 5.37. The Morgan fingerprint density at radius 3 is 3.11 bits per heavy atom. The number of aromatic nitrogens is 1. The molecular weight excluding hydrogens is 222 g/mol. The summed E-state index contributed by atoms with van der Waals surface area (Å²) < 4.78 is 0. The maximum atomic E-state index is 4.21. The first kappa shape index (κ1) is 12.1. The van der Waals surface area contributed by atoms with E-state index in [0.717, 1.165) is 6.04 Å². The number of piperidine rings is 1. The molecule has 1 N–H and O–H groups in total. The monoisotopic (exact) mass is 245 g/mol. The number of nitrogens with one attached hydrogen (secondary N) is 1. The van der Waals surface area contributed by atoms with Gasteiger partial charge in [-0.25, -0.2) is 0 Å². The van der Waals surface area contributed by atoms with Crippen LogP contribution in [0.1, 0.15) is 44.2 Å². The molecule has 0 radical (unpaired) electrons. The minimum Gasteiger partial charge on any atom is -0.306 e. The maximum absolute atomic E-state index is 4.21. The Balaban J connectivity index is 1.63. The van der Waals surface area contributed by atoms with Crippen molar-refractivity contribution in [3.63, 3.8) is 0 Å². The van der Waals surface area contributed by atoms with Crippen LogP contribution in [0.15, 0.2) is 24.5 Å². The zero-order chi connectivity index (χ0) is 12.4. The van der Waals surface area contributed by atoms with Gasteiger partial charge in [0.05, 0.1) is 0 Å². The van der Waals surface area contributed by atoms with E-state index in [1.807, 2.05) is 18.5 Å². The Kier molecular flexibility index (Phi) is 3.62. The molecule has 3 nitrogen and oxygen atoms in total. The molecule has 1 aromatic heterocycles. The average molecular weight is 245 g/mol. The lowest BCUT2D eigenvalue weighted by atomic mass is 9.98. The molecule has 0 amide bonds. The summed E-state index contributed by atoms with van der Waals surface area (Å²) in [6.45, 7) is 4.84. The summed E-state index contributed by atoms with van der Waals surface area (Å²) in [5, 5.41) is 3.81. The van der Waals surface area contributed by atoms with Crippen molar-refractivity contribution in [1.82, 2.24) is 15.2 Å². The average Bonchev–Trinajstić information content (AvgIpc) is 2.83. The van der Waals surface area contributed by atoms with Crippen molar-refractivity contribution in [2.24, 2.45) is 0 Å². The fourth-order valence-corrected chi connectivity index (χ4v) is 3.49. The van der Waals surface area contributed by atoms with E-state index in [0.29, 0.717) is 12.1 Å². The molecule has 2 saturated heterocycles. The van der Waals surface area contributed by atoms with Gasteiger partial charge in [-0.05, 0) is 44.4 Å². The molecular formula is C15H23N3. The highest BCUT2D eigenvalue weighted by molar-refractivity contribution is 5.13. The largest absolute Gasteiger partial charge is 0.306 e. The Labute approximate surface area is 110 Å². The van der Waals surface area contributed by atoms with Gasteiger partial charge in [0.2, 0.25) is 0 Å². The smallest absolute Gasteiger partial charge is 0.0315 e. The predicted molar refractivity (Wildman–Crippen MR) is 73.4 cm³/mol. The van der Waals surface area contributed by atoms with Gasteiger partial charge < -0.3 is 5.32 Å². The van der Waals surface area contributed by atoms with E-state index in [9.17, 15) is 0 Å². The van der Waals surface area contributed by atoms with Crippen molar-refractivity contribution in [3.05, 3.63) is 30.1 Å². The molecule has 3 heteroatoms. The topological polar surface area (TPSA) is 28.2 Å². The number of pyridine rings is 1. The van der Waals surface area contributed by atoms with Gasteiger partial charge in [0.25, 0.3) is 0 Å². The number of hydrogen-bond acceptors (Lipinski definition) is 3. The van der Waals surface area contributed by atoms with Gasteiger partial charge in [-0.1, -0.05) is 12.5 Å². The van der Waals surface area contributed by atoms with Crippen molar-refractivity contribution < 1.29 is 0 Å². The van der Waals surface area contributed by atoms with Crippen LogP contribution in [-0.4, -0.2) is 35.1 Å². The summed E-state index contributed by atoms with van der Waals surface area (Å²) in [5.74, 6) is 0. The number of fused-ring (bicyclic) bond motifs is 1. The maximum Gasteiger partial charge on any atom is 0.0315 e. The van der Waals surface area contributed by atoms with E-state index in [1.54, 1.807) is 0 Å². The van der Waals surface area contributed by atoms with Gasteiger partial charge in [0.1, 0.15) is 0 Å². The van der Waals surface area contributed by atoms with Gasteiger partial charge in [-0.2, -0.15) is 0 Å². The second-order valence-corrected chi connectivity index (χ2v) is 5.67. The van der Waals surface area contributed by atoms with Crippen molar-refractivity contribution >= 4 is 0 Å². The van der Waals surface area contributed by atoms with Gasteiger partial charge in [0.15, 0.2) is 0 Å². The van der Waals surface area contributed by atoms with Crippen LogP contribution in [0.2, 0.25) is 0 Å². The minimum absolute atomic E-state index is 0.408. The van der Waals surface area contributed by atoms with Crippen LogP contribution in [0.25, 0.3) is 0 Å². The molecule has 0 bridgehead atoms. The van der Waals surface area contributed by atoms with Crippen molar-refractivity contribution in [2.75, 3.05) is 13.1 Å². The lowest BCUT2D eigenvalue weighted by Gasteiger charge is -2.33. The molecule has 3 heterocycles. The summed E-state index contributed by atoms with van der Waals surface area (Å²) in [6.07, 6.45) is 9.29. The molecule has 0 spiro atoms. The van der Waals surface area contributed by atoms with Crippen LogP contribution in [0, 0.1) is 0 Å². The first-order chi connectivity index (χ1) is 8.84. The Hall–Kier alpha value is -0.930. The van der Waals surface area contributed by atoms with Crippen LogP contribution in [-0.2, 0) is 0 Å². The molecule has 2 unspecified atom stereocenters. The summed E-state index contributed by atoms with van der Waals surface area (Å²) in [6, 6.07) is 6.04. The molecule has 2 aliphatic heterocycles. The van der Waals surface area contributed by atoms with Gasteiger partial charge in [-0.15, -0.1) is 0 Å². The molecule has 18 heavy (non-hydrogen) atoms. The molecule has 0 aliphatic carbocycles. The first-order valence-corrected chi connectivity index (χ1v) is 7.24. The van der Waals surface area contributed by atoms with E-state index in [-0.39, 0.29) is 0 Å². The van der Waals surface area contributed by atoms with E-state index >= 15 is 0 Å². The number of hydrogen-bond donors (Lipinski definition) is 1. The van der Waals surface area contributed by atoms with Gasteiger partial charge >= 0.3 is 0 Å². The standard InChI is InChI=1S/C15H23N3/c1-12(13-5-4-8-16-11-13)17-14-7-10-18-9-3-2-6-15(14)18/h4-5,8,11-12,14-15,17H,2-3,6-7,9-10H2,1H3/t12-,14?,15?/m1/s1. The highest BCUT2D eigenvalue weighted by Crippen LogP contribution is 2.28. The van der Waals surface area contributed by atoms with E-state index in [2.05, 4.69) is 28.2 Å². The molecule has 3 atom stereocenters. The third kappa shape index (κ3) is 2.43. The zero-order valence-corrected chi connectivity index (χ0v) is 11.2.